The number of nitrogens with one attached hydrogen (secondary N) is 2. The molecule has 3 aromatic rings. The molecule has 0 saturated carbocycles. The van der Waals surface area contributed by atoms with E-state index in [-0.39, 0.29) is 24.1 Å². The van der Waals surface area contributed by atoms with Crippen LogP contribution in [0.25, 0.3) is 11.3 Å². The second-order valence-electron chi connectivity index (χ2n) is 10.5. The van der Waals surface area contributed by atoms with Crippen molar-refractivity contribution >= 4 is 23.6 Å². The Kier molecular flexibility index (Phi) is 6.66. The second kappa shape index (κ2) is 10.4. The van der Waals surface area contributed by atoms with Crippen molar-refractivity contribution in [3.63, 3.8) is 0 Å². The van der Waals surface area contributed by atoms with Gasteiger partial charge in [0.1, 0.15) is 6.04 Å². The molecule has 3 aliphatic heterocycles. The highest BCUT2D eigenvalue weighted by Gasteiger charge is 2.39. The van der Waals surface area contributed by atoms with E-state index in [1.54, 1.807) is 17.2 Å². The molecule has 9 nitrogen and oxygen atoms in total. The minimum atomic E-state index is -0.625. The molecular formula is C30H29N5O4. The monoisotopic (exact) mass is 523 g/mol. The number of piperidine rings is 1. The summed E-state index contributed by atoms with van der Waals surface area (Å²) in [4.78, 5) is 57.5. The molecule has 0 aliphatic carbocycles. The van der Waals surface area contributed by atoms with E-state index in [1.807, 2.05) is 48.5 Å². The maximum absolute atomic E-state index is 13.0. The molecule has 39 heavy (non-hydrogen) atoms. The molecular weight excluding hydrogens is 494 g/mol. The van der Waals surface area contributed by atoms with Gasteiger partial charge in [-0.25, -0.2) is 0 Å². The van der Waals surface area contributed by atoms with Crippen LogP contribution >= 0.6 is 0 Å². The molecule has 1 atom stereocenters. The highest BCUT2D eigenvalue weighted by molar-refractivity contribution is 6.05. The molecule has 9 heteroatoms. The Morgan fingerprint density at radius 3 is 2.64 bits per heavy atom. The first kappa shape index (κ1) is 24.9. The lowest BCUT2D eigenvalue weighted by atomic mass is 9.98. The van der Waals surface area contributed by atoms with Crippen molar-refractivity contribution < 1.29 is 19.2 Å². The molecule has 0 bridgehead atoms. The van der Waals surface area contributed by atoms with Gasteiger partial charge < -0.3 is 10.2 Å². The van der Waals surface area contributed by atoms with Crippen LogP contribution in [0.2, 0.25) is 0 Å². The number of amides is 4. The number of imide groups is 1. The van der Waals surface area contributed by atoms with Gasteiger partial charge in [-0.2, -0.15) is 0 Å². The molecule has 3 aliphatic rings. The number of carbonyl (C=O) groups is 4. The van der Waals surface area contributed by atoms with Crippen molar-refractivity contribution in [3.05, 3.63) is 89.1 Å². The number of hydrogen-bond acceptors (Lipinski definition) is 6. The Morgan fingerprint density at radius 2 is 1.85 bits per heavy atom. The van der Waals surface area contributed by atoms with Crippen molar-refractivity contribution in [2.75, 3.05) is 19.6 Å². The first-order valence-corrected chi connectivity index (χ1v) is 13.2. The minimum absolute atomic E-state index is 0.0379. The molecule has 4 amide bonds. The lowest BCUT2D eigenvalue weighted by Crippen LogP contribution is -2.52. The Labute approximate surface area is 226 Å². The zero-order valence-electron chi connectivity index (χ0n) is 21.4. The van der Waals surface area contributed by atoms with Crippen LogP contribution in [0.1, 0.15) is 44.7 Å². The van der Waals surface area contributed by atoms with E-state index in [1.165, 1.54) is 0 Å². The van der Waals surface area contributed by atoms with Crippen molar-refractivity contribution in [2.24, 2.45) is 5.92 Å². The first-order chi connectivity index (χ1) is 18.9. The van der Waals surface area contributed by atoms with Gasteiger partial charge in [-0.05, 0) is 53.9 Å². The van der Waals surface area contributed by atoms with E-state index < -0.39 is 11.9 Å². The largest absolute Gasteiger partial charge is 0.352 e. The molecule has 2 aromatic carbocycles. The van der Waals surface area contributed by atoms with E-state index in [0.717, 1.165) is 42.0 Å². The average molecular weight is 524 g/mol. The summed E-state index contributed by atoms with van der Waals surface area (Å²) >= 11 is 0. The predicted molar refractivity (Wildman–Crippen MR) is 143 cm³/mol. The fraction of sp³-hybridized carbons (Fsp3) is 0.300. The van der Waals surface area contributed by atoms with Crippen LogP contribution in [-0.2, 0) is 22.7 Å². The quantitative estimate of drug-likeness (QED) is 0.460. The summed E-state index contributed by atoms with van der Waals surface area (Å²) in [5.74, 6) is -0.490. The van der Waals surface area contributed by atoms with E-state index in [4.69, 9.17) is 0 Å². The zero-order valence-corrected chi connectivity index (χ0v) is 21.4. The molecule has 0 spiro atoms. The highest BCUT2D eigenvalue weighted by Crippen LogP contribution is 2.31. The Hall–Kier alpha value is -4.37. The van der Waals surface area contributed by atoms with E-state index in [9.17, 15) is 19.2 Å². The minimum Gasteiger partial charge on any atom is -0.352 e. The van der Waals surface area contributed by atoms with Gasteiger partial charge in [0.05, 0.1) is 5.69 Å². The van der Waals surface area contributed by atoms with Crippen LogP contribution < -0.4 is 10.6 Å². The summed E-state index contributed by atoms with van der Waals surface area (Å²) in [5.41, 5.74) is 5.02. The summed E-state index contributed by atoms with van der Waals surface area (Å²) in [7, 11) is 0. The number of carbonyl (C=O) groups excluding carboxylic acids is 4. The van der Waals surface area contributed by atoms with Crippen LogP contribution in [0.3, 0.4) is 0 Å². The third kappa shape index (κ3) is 5.18. The smallest absolute Gasteiger partial charge is 0.255 e. The number of pyridine rings is 1. The Balaban J connectivity index is 1.05. The summed E-state index contributed by atoms with van der Waals surface area (Å²) in [5, 5.41) is 5.37. The molecule has 1 aromatic heterocycles. The molecule has 4 heterocycles. The molecule has 1 unspecified atom stereocenters. The van der Waals surface area contributed by atoms with Crippen LogP contribution in [0, 0.1) is 5.92 Å². The summed E-state index contributed by atoms with van der Waals surface area (Å²) in [6.45, 7) is 3.64. The summed E-state index contributed by atoms with van der Waals surface area (Å²) in [6.07, 6.45) is 2.38. The predicted octanol–water partition coefficient (Wildman–Crippen LogP) is 2.37. The number of hydrogen-bond donors (Lipinski definition) is 2. The maximum Gasteiger partial charge on any atom is 0.255 e. The molecule has 6 rings (SSSR count). The van der Waals surface area contributed by atoms with E-state index >= 15 is 0 Å². The number of nitrogens with zero attached hydrogens (tertiary/aromatic N) is 3. The van der Waals surface area contributed by atoms with E-state index in [2.05, 4.69) is 26.6 Å². The zero-order chi connectivity index (χ0) is 26.9. The fourth-order valence-corrected chi connectivity index (χ4v) is 5.59. The van der Waals surface area contributed by atoms with Gasteiger partial charge in [-0.15, -0.1) is 0 Å². The Morgan fingerprint density at radius 1 is 1.03 bits per heavy atom. The SMILES string of the molecule is O=C1CCC(N2Cc3cc(-c4cc(CN5CC(CNC(=O)c6ccccc6)C5)ccn4)ccc3C2=O)C(=O)N1. The standard InChI is InChI=1S/C30H29N5O4/c36-27-9-8-26(29(38)33-27)35-18-23-13-22(6-7-24(23)30(35)39)25-12-19(10-11-31-25)15-34-16-20(17-34)14-32-28(37)21-4-2-1-3-5-21/h1-7,10-13,20,26H,8-9,14-18H2,(H,32,37)(H,33,36,38). The number of benzene rings is 2. The lowest BCUT2D eigenvalue weighted by Gasteiger charge is -2.39. The molecule has 2 N–H and O–H groups in total. The number of fused-ring (bicyclic) bond motifs is 1. The van der Waals surface area contributed by atoms with Crippen LogP contribution in [0.15, 0.2) is 66.9 Å². The Bertz CT molecular complexity index is 1450. The van der Waals surface area contributed by atoms with Gasteiger partial charge in [0.15, 0.2) is 0 Å². The van der Waals surface area contributed by atoms with Gasteiger partial charge in [0.25, 0.3) is 11.8 Å². The second-order valence-corrected chi connectivity index (χ2v) is 10.5. The topological polar surface area (TPSA) is 112 Å². The number of likely N-dealkylation sites (tertiary alicyclic amines) is 1. The lowest BCUT2D eigenvalue weighted by molar-refractivity contribution is -0.136. The summed E-state index contributed by atoms with van der Waals surface area (Å²) < 4.78 is 0. The van der Waals surface area contributed by atoms with Crippen molar-refractivity contribution in [2.45, 2.75) is 32.0 Å². The molecule has 2 saturated heterocycles. The van der Waals surface area contributed by atoms with Crippen LogP contribution in [0.4, 0.5) is 0 Å². The maximum atomic E-state index is 13.0. The van der Waals surface area contributed by atoms with Crippen LogP contribution in [0.5, 0.6) is 0 Å². The molecule has 2 fully saturated rings. The normalized spacial score (nSPS) is 19.4. The summed E-state index contributed by atoms with van der Waals surface area (Å²) in [6, 6.07) is 18.4. The molecule has 0 radical (unpaired) electrons. The van der Waals surface area contributed by atoms with Crippen molar-refractivity contribution in [1.82, 2.24) is 25.4 Å². The molecule has 198 valence electrons. The van der Waals surface area contributed by atoms with Crippen LogP contribution in [-0.4, -0.2) is 64.1 Å². The van der Waals surface area contributed by atoms with Gasteiger partial charge >= 0.3 is 0 Å². The van der Waals surface area contributed by atoms with Crippen molar-refractivity contribution in [1.29, 1.82) is 0 Å². The number of aromatic nitrogens is 1. The van der Waals surface area contributed by atoms with Gasteiger partial charge in [-0.3, -0.25) is 34.4 Å². The average Bonchev–Trinajstić information content (AvgIpc) is 3.25. The van der Waals surface area contributed by atoms with Crippen molar-refractivity contribution in [3.8, 4) is 11.3 Å². The van der Waals surface area contributed by atoms with Gasteiger partial charge in [0.2, 0.25) is 11.8 Å². The fourth-order valence-electron chi connectivity index (χ4n) is 5.59. The van der Waals surface area contributed by atoms with Gasteiger partial charge in [-0.1, -0.05) is 24.3 Å². The number of rotatable bonds is 7. The first-order valence-electron chi connectivity index (χ1n) is 13.2. The van der Waals surface area contributed by atoms with E-state index in [0.29, 0.717) is 36.6 Å². The van der Waals surface area contributed by atoms with Gasteiger partial charge in [0, 0.05) is 67.9 Å². The third-order valence-electron chi connectivity index (χ3n) is 7.67. The highest BCUT2D eigenvalue weighted by atomic mass is 16.2. The third-order valence-corrected chi connectivity index (χ3v) is 7.67.